The van der Waals surface area contributed by atoms with Crippen LogP contribution in [0.5, 0.6) is 0 Å². The van der Waals surface area contributed by atoms with Crippen LogP contribution in [0.3, 0.4) is 0 Å². The number of ether oxygens (including phenoxy) is 3. The third-order valence-electron chi connectivity index (χ3n) is 3.25. The average Bonchev–Trinajstić information content (AvgIpc) is 2.56. The van der Waals surface area contributed by atoms with Gasteiger partial charge in [-0.15, -0.1) is 0 Å². The van der Waals surface area contributed by atoms with Gasteiger partial charge in [-0.25, -0.2) is 4.39 Å². The lowest BCUT2D eigenvalue weighted by Crippen LogP contribution is -2.70. The first kappa shape index (κ1) is 35.3. The van der Waals surface area contributed by atoms with Gasteiger partial charge in [-0.05, 0) is 0 Å². The van der Waals surface area contributed by atoms with E-state index < -0.39 is 67.0 Å². The van der Waals surface area contributed by atoms with Crippen LogP contribution in [0.2, 0.25) is 0 Å². The van der Waals surface area contributed by atoms with Crippen molar-refractivity contribution in [1.82, 2.24) is 0 Å². The summed E-state index contributed by atoms with van der Waals surface area (Å²) in [7, 11) is 0. The van der Waals surface area contributed by atoms with Crippen LogP contribution in [0, 0.1) is 0 Å². The third-order valence-corrected chi connectivity index (χ3v) is 3.25. The molecule has 0 amide bonds. The topological polar surface area (TPSA) is 27.7 Å². The van der Waals surface area contributed by atoms with E-state index in [1.165, 1.54) is 4.74 Å². The van der Waals surface area contributed by atoms with E-state index in [0.717, 1.165) is 9.47 Å². The van der Waals surface area contributed by atoms with Gasteiger partial charge >= 0.3 is 60.7 Å². The summed E-state index contributed by atoms with van der Waals surface area (Å²) in [5.74, 6) is -25.1. The molecule has 0 aliphatic carbocycles. The molecule has 0 rings (SSSR count). The van der Waals surface area contributed by atoms with Crippen LogP contribution in [-0.2, 0) is 14.2 Å². The molecule has 37 heavy (non-hydrogen) atoms. The zero-order valence-electron chi connectivity index (χ0n) is 15.5. The van der Waals surface area contributed by atoms with Crippen molar-refractivity contribution in [1.29, 1.82) is 0 Å². The van der Waals surface area contributed by atoms with Crippen molar-refractivity contribution in [2.75, 3.05) is 0 Å². The molecule has 3 atom stereocenters. The van der Waals surface area contributed by atoms with Gasteiger partial charge in [0, 0.05) is 0 Å². The fourth-order valence-electron chi connectivity index (χ4n) is 1.49. The Kier molecular flexibility index (Phi) is 8.75. The van der Waals surface area contributed by atoms with E-state index in [1.54, 1.807) is 0 Å². The second kappa shape index (κ2) is 9.18. The maximum atomic E-state index is 13.8. The van der Waals surface area contributed by atoms with E-state index in [9.17, 15) is 101 Å². The molecule has 0 radical (unpaired) electrons. The summed E-state index contributed by atoms with van der Waals surface area (Å²) in [6.07, 6.45) is -61.9. The van der Waals surface area contributed by atoms with Gasteiger partial charge in [-0.1, -0.05) is 0 Å². The Bertz CT molecular complexity index is 790. The van der Waals surface area contributed by atoms with Crippen molar-refractivity contribution in [2.24, 2.45) is 0 Å². The van der Waals surface area contributed by atoms with Gasteiger partial charge in [0.25, 0.3) is 6.36 Å². The van der Waals surface area contributed by atoms with Gasteiger partial charge < -0.3 is 0 Å². The monoisotopic (exact) mass is 618 g/mol. The van der Waals surface area contributed by atoms with Crippen molar-refractivity contribution < 1.29 is 115 Å². The summed E-state index contributed by atoms with van der Waals surface area (Å²) in [5, 5.41) is 0. The number of halogens is 23. The van der Waals surface area contributed by atoms with Gasteiger partial charge in [0.05, 0.1) is 0 Å². The smallest absolute Gasteiger partial charge is 0.272 e. The number of rotatable bonds is 9. The van der Waals surface area contributed by atoms with Crippen molar-refractivity contribution in [2.45, 2.75) is 67.0 Å². The van der Waals surface area contributed by atoms with Gasteiger partial charge in [0.1, 0.15) is 0 Å². The van der Waals surface area contributed by atoms with Crippen LogP contribution in [0.25, 0.3) is 0 Å². The van der Waals surface area contributed by atoms with Gasteiger partial charge in [-0.2, -0.15) is 96.6 Å². The first-order chi connectivity index (χ1) is 15.5. The van der Waals surface area contributed by atoms with Crippen LogP contribution in [0.1, 0.15) is 0 Å². The summed E-state index contributed by atoms with van der Waals surface area (Å²) in [6.45, 7) is 0. The number of alkyl halides is 23. The van der Waals surface area contributed by atoms with Gasteiger partial charge in [-0.3, -0.25) is 14.2 Å². The zero-order chi connectivity index (χ0) is 30.7. The van der Waals surface area contributed by atoms with Crippen LogP contribution >= 0.6 is 0 Å². The first-order valence-corrected chi connectivity index (χ1v) is 7.42. The molecule has 0 aliphatic rings. The lowest BCUT2D eigenvalue weighted by atomic mass is 10.2. The molecule has 224 valence electrons. The second-order valence-electron chi connectivity index (χ2n) is 5.99. The Hall–Kier alpha value is -1.73. The molecule has 0 unspecified atom stereocenters. The van der Waals surface area contributed by atoms with Crippen molar-refractivity contribution in [3.8, 4) is 0 Å². The maximum Gasteiger partial charge on any atom is 0.462 e. The summed E-state index contributed by atoms with van der Waals surface area (Å²) in [4.78, 5) is 0. The SMILES string of the molecule is F[C@@H](OC(F)(F)[C@@](F)(OC(F)(F)[C@@](F)(OC(F)(F)C(F)(F)C(F)(F)F)C(F)(F)F)C(F)(F)F)C(F)(F)F. The van der Waals surface area contributed by atoms with Crippen LogP contribution in [0.4, 0.5) is 101 Å². The normalized spacial score (nSPS) is 19.9. The Morgan fingerprint density at radius 3 is 0.946 bits per heavy atom. The van der Waals surface area contributed by atoms with Crippen LogP contribution in [0.15, 0.2) is 0 Å². The largest absolute Gasteiger partial charge is 0.462 e. The van der Waals surface area contributed by atoms with E-state index in [0.29, 0.717) is 0 Å². The molecule has 0 spiro atoms. The molecule has 0 saturated carbocycles. The van der Waals surface area contributed by atoms with Crippen molar-refractivity contribution >= 4 is 0 Å². The zero-order valence-corrected chi connectivity index (χ0v) is 15.5. The van der Waals surface area contributed by atoms with Crippen LogP contribution < -0.4 is 0 Å². The molecule has 0 aliphatic heterocycles. The number of hydrogen-bond donors (Lipinski definition) is 0. The summed E-state index contributed by atoms with van der Waals surface area (Å²) < 4.78 is 295. The molecule has 0 fully saturated rings. The predicted molar refractivity (Wildman–Crippen MR) is 59.8 cm³/mol. The first-order valence-electron chi connectivity index (χ1n) is 7.42. The highest BCUT2D eigenvalue weighted by molar-refractivity contribution is 4.96. The molecule has 0 aromatic rings. The Morgan fingerprint density at radius 1 is 0.378 bits per heavy atom. The molecular weight excluding hydrogens is 617 g/mol. The van der Waals surface area contributed by atoms with E-state index in [-0.39, 0.29) is 0 Å². The third kappa shape index (κ3) is 6.30. The average molecular weight is 618 g/mol. The summed E-state index contributed by atoms with van der Waals surface area (Å²) >= 11 is 0. The minimum Gasteiger partial charge on any atom is -0.272 e. The summed E-state index contributed by atoms with van der Waals surface area (Å²) in [6, 6.07) is 0. The highest BCUT2D eigenvalue weighted by Gasteiger charge is 2.87. The second-order valence-corrected chi connectivity index (χ2v) is 5.99. The molecule has 0 saturated heterocycles. The van der Waals surface area contributed by atoms with Crippen LogP contribution in [-0.4, -0.2) is 67.0 Å². The Morgan fingerprint density at radius 2 is 0.676 bits per heavy atom. The predicted octanol–water partition coefficient (Wildman–Crippen LogP) is 7.33. The highest BCUT2D eigenvalue weighted by atomic mass is 19.4. The number of hydrogen-bond acceptors (Lipinski definition) is 3. The van der Waals surface area contributed by atoms with E-state index in [2.05, 4.69) is 0 Å². The van der Waals surface area contributed by atoms with E-state index >= 15 is 0 Å². The highest BCUT2D eigenvalue weighted by Crippen LogP contribution is 2.58. The van der Waals surface area contributed by atoms with E-state index in [1.807, 2.05) is 0 Å². The van der Waals surface area contributed by atoms with Gasteiger partial charge in [0.2, 0.25) is 0 Å². The minimum absolute atomic E-state index is 1.01. The molecule has 26 heteroatoms. The molecule has 3 nitrogen and oxygen atoms in total. The van der Waals surface area contributed by atoms with Crippen molar-refractivity contribution in [3.05, 3.63) is 0 Å². The minimum atomic E-state index is -8.60. The Labute approximate surface area is 184 Å². The van der Waals surface area contributed by atoms with Gasteiger partial charge in [0.15, 0.2) is 0 Å². The lowest BCUT2D eigenvalue weighted by Gasteiger charge is -2.41. The fourth-order valence-corrected chi connectivity index (χ4v) is 1.49. The van der Waals surface area contributed by atoms with E-state index in [4.69, 9.17) is 0 Å². The fraction of sp³-hybridized carbons (Fsp3) is 1.00. The molecule has 0 N–H and O–H groups in total. The molecule has 0 bridgehead atoms. The maximum absolute atomic E-state index is 13.8. The Balaban J connectivity index is 6.96. The molecule has 0 heterocycles. The van der Waals surface area contributed by atoms with Crippen molar-refractivity contribution in [3.63, 3.8) is 0 Å². The molecular formula is C11HF23O3. The summed E-state index contributed by atoms with van der Waals surface area (Å²) in [5.41, 5.74) is 0. The molecule has 0 aromatic carbocycles. The quantitative estimate of drug-likeness (QED) is 0.254. The molecule has 0 aromatic heterocycles. The lowest BCUT2D eigenvalue weighted by molar-refractivity contribution is -0.575. The standard InChI is InChI=1S/C11HF23O3/c12-1(2(13,14)15)35-10(31,32)4(18,7(23,24)25)37-11(33,34)5(19,8(26,27)28)36-9(29,30)3(16,17)6(20,21)22/h1H/t1-,4-,5-/m0/s1.